The molecule has 0 radical (unpaired) electrons. The zero-order chi connectivity index (χ0) is 25.8. The second kappa shape index (κ2) is 11.1. The zero-order valence-corrected chi connectivity index (χ0v) is 21.5. The van der Waals surface area contributed by atoms with Crippen LogP contribution in [0.2, 0.25) is 10.0 Å². The molecule has 4 rings (SSSR count). The van der Waals surface area contributed by atoms with Gasteiger partial charge in [-0.25, -0.2) is 14.1 Å². The summed E-state index contributed by atoms with van der Waals surface area (Å²) in [6.45, 7) is -0.455. The number of urea groups is 1. The summed E-state index contributed by atoms with van der Waals surface area (Å²) >= 11 is 15.5. The van der Waals surface area contributed by atoms with Crippen molar-refractivity contribution in [1.29, 1.82) is 0 Å². The summed E-state index contributed by atoms with van der Waals surface area (Å²) in [6.07, 6.45) is 1.44. The van der Waals surface area contributed by atoms with E-state index in [1.54, 1.807) is 42.5 Å². The molecule has 3 aromatic rings. The number of hydrogen-bond acceptors (Lipinski definition) is 4. The molecular formula is C25H17BrCl2FN3O4. The largest absolute Gasteiger partial charge is 0.488 e. The van der Waals surface area contributed by atoms with E-state index in [4.69, 9.17) is 27.9 Å². The molecule has 3 aromatic carbocycles. The molecule has 4 amide bonds. The lowest BCUT2D eigenvalue weighted by Gasteiger charge is -2.12. The maximum absolute atomic E-state index is 13.8. The highest BCUT2D eigenvalue weighted by molar-refractivity contribution is 9.10. The number of hydrogen-bond donors (Lipinski definition) is 2. The molecule has 1 heterocycles. The van der Waals surface area contributed by atoms with E-state index >= 15 is 0 Å². The van der Waals surface area contributed by atoms with Gasteiger partial charge in [0.05, 0.1) is 5.69 Å². The van der Waals surface area contributed by atoms with Crippen molar-refractivity contribution in [3.63, 3.8) is 0 Å². The number of benzene rings is 3. The summed E-state index contributed by atoms with van der Waals surface area (Å²) in [5.74, 6) is -1.65. The van der Waals surface area contributed by atoms with Gasteiger partial charge in [-0.3, -0.25) is 9.59 Å². The Morgan fingerprint density at radius 2 is 1.89 bits per heavy atom. The normalized spacial score (nSPS) is 14.2. The van der Waals surface area contributed by atoms with Gasteiger partial charge in [0.2, 0.25) is 5.91 Å². The lowest BCUT2D eigenvalue weighted by atomic mass is 10.1. The predicted octanol–water partition coefficient (Wildman–Crippen LogP) is 6.01. The molecule has 0 aromatic heterocycles. The highest BCUT2D eigenvalue weighted by Crippen LogP contribution is 2.29. The molecule has 0 bridgehead atoms. The SMILES string of the molecule is O=C(CN1C(=O)N/C(=C/c2cc(Br)ccc2OCc2ccc(Cl)cc2Cl)C1=O)Nc1ccccc1F. The molecule has 1 saturated heterocycles. The maximum atomic E-state index is 13.8. The average Bonchev–Trinajstić information content (AvgIpc) is 3.08. The Bertz CT molecular complexity index is 1400. The number of para-hydroxylation sites is 1. The molecule has 0 unspecified atom stereocenters. The van der Waals surface area contributed by atoms with E-state index in [2.05, 4.69) is 26.6 Å². The van der Waals surface area contributed by atoms with Gasteiger partial charge in [-0.15, -0.1) is 0 Å². The van der Waals surface area contributed by atoms with Crippen LogP contribution in [0.4, 0.5) is 14.9 Å². The van der Waals surface area contributed by atoms with Crippen molar-refractivity contribution in [3.8, 4) is 5.75 Å². The Balaban J connectivity index is 1.50. The van der Waals surface area contributed by atoms with E-state index in [-0.39, 0.29) is 18.0 Å². The quantitative estimate of drug-likeness (QED) is 0.260. The first kappa shape index (κ1) is 25.7. The first-order valence-corrected chi connectivity index (χ1v) is 12.0. The summed E-state index contributed by atoms with van der Waals surface area (Å²) in [4.78, 5) is 38.3. The Kier molecular flexibility index (Phi) is 7.93. The fraction of sp³-hybridized carbons (Fsp3) is 0.0800. The third-order valence-corrected chi connectivity index (χ3v) is 6.16. The molecule has 1 aliphatic rings. The van der Waals surface area contributed by atoms with Crippen LogP contribution in [-0.2, 0) is 16.2 Å². The van der Waals surface area contributed by atoms with Crippen LogP contribution < -0.4 is 15.4 Å². The van der Waals surface area contributed by atoms with Gasteiger partial charge in [-0.1, -0.05) is 57.3 Å². The first-order chi connectivity index (χ1) is 17.2. The summed E-state index contributed by atoms with van der Waals surface area (Å²) in [7, 11) is 0. The number of amides is 4. The number of rotatable bonds is 7. The molecular weight excluding hydrogens is 576 g/mol. The predicted molar refractivity (Wildman–Crippen MR) is 138 cm³/mol. The van der Waals surface area contributed by atoms with Gasteiger partial charge in [-0.05, 0) is 48.5 Å². The average molecular weight is 593 g/mol. The zero-order valence-electron chi connectivity index (χ0n) is 18.4. The van der Waals surface area contributed by atoms with Crippen LogP contribution in [0.15, 0.2) is 70.8 Å². The van der Waals surface area contributed by atoms with Crippen LogP contribution in [0.5, 0.6) is 5.75 Å². The number of nitrogens with one attached hydrogen (secondary N) is 2. The molecule has 0 spiro atoms. The van der Waals surface area contributed by atoms with E-state index in [0.29, 0.717) is 31.4 Å². The van der Waals surface area contributed by atoms with E-state index in [1.807, 2.05) is 0 Å². The van der Waals surface area contributed by atoms with Gasteiger partial charge in [0.15, 0.2) is 0 Å². The third kappa shape index (κ3) is 6.04. The molecule has 0 atom stereocenters. The number of ether oxygens (including phenoxy) is 1. The number of nitrogens with zero attached hydrogens (tertiary/aromatic N) is 1. The standard InChI is InChI=1S/C25H17BrCl2FN3O4/c26-16-6-8-22(36-13-14-5-7-17(27)11-18(14)28)15(9-16)10-21-24(34)32(25(35)31-21)12-23(33)30-20-4-2-1-3-19(20)29/h1-11H,12-13H2,(H,30,33)(H,31,35)/b21-10+. The van der Waals surface area contributed by atoms with Crippen LogP contribution in [0.3, 0.4) is 0 Å². The minimum Gasteiger partial charge on any atom is -0.488 e. The molecule has 184 valence electrons. The molecule has 1 fully saturated rings. The monoisotopic (exact) mass is 591 g/mol. The Morgan fingerprint density at radius 1 is 1.11 bits per heavy atom. The Hall–Kier alpha value is -3.40. The van der Waals surface area contributed by atoms with Crippen LogP contribution in [-0.4, -0.2) is 29.3 Å². The summed E-state index contributed by atoms with van der Waals surface area (Å²) in [6, 6.07) is 15.0. The van der Waals surface area contributed by atoms with Gasteiger partial charge in [0.25, 0.3) is 5.91 Å². The summed E-state index contributed by atoms with van der Waals surface area (Å²) < 4.78 is 20.4. The molecule has 0 saturated carbocycles. The highest BCUT2D eigenvalue weighted by atomic mass is 79.9. The molecule has 11 heteroatoms. The number of imide groups is 1. The molecule has 0 aliphatic carbocycles. The van der Waals surface area contributed by atoms with Crippen LogP contribution >= 0.6 is 39.1 Å². The lowest BCUT2D eigenvalue weighted by Crippen LogP contribution is -2.38. The van der Waals surface area contributed by atoms with Crippen molar-refractivity contribution in [2.45, 2.75) is 6.61 Å². The van der Waals surface area contributed by atoms with Crippen molar-refractivity contribution >= 4 is 68.7 Å². The van der Waals surface area contributed by atoms with E-state index < -0.39 is 30.2 Å². The van der Waals surface area contributed by atoms with Gasteiger partial charge >= 0.3 is 6.03 Å². The topological polar surface area (TPSA) is 87.7 Å². The molecule has 36 heavy (non-hydrogen) atoms. The van der Waals surface area contributed by atoms with Crippen LogP contribution in [0, 0.1) is 5.82 Å². The van der Waals surface area contributed by atoms with Crippen molar-refractivity contribution in [1.82, 2.24) is 10.2 Å². The lowest BCUT2D eigenvalue weighted by molar-refractivity contribution is -0.127. The fourth-order valence-corrected chi connectivity index (χ4v) is 4.17. The van der Waals surface area contributed by atoms with E-state index in [9.17, 15) is 18.8 Å². The second-order valence-corrected chi connectivity index (χ2v) is 9.37. The molecule has 1 aliphatic heterocycles. The molecule has 7 nitrogen and oxygen atoms in total. The minimum absolute atomic E-state index is 0.0498. The van der Waals surface area contributed by atoms with Gasteiger partial charge in [0, 0.05) is 25.6 Å². The smallest absolute Gasteiger partial charge is 0.329 e. The first-order valence-electron chi connectivity index (χ1n) is 10.5. The summed E-state index contributed by atoms with van der Waals surface area (Å²) in [5.41, 5.74) is 1.10. The van der Waals surface area contributed by atoms with Crippen molar-refractivity contribution < 1.29 is 23.5 Å². The number of anilines is 1. The Morgan fingerprint density at radius 3 is 2.64 bits per heavy atom. The van der Waals surface area contributed by atoms with Crippen molar-refractivity contribution in [3.05, 3.63) is 97.8 Å². The van der Waals surface area contributed by atoms with E-state index in [1.165, 1.54) is 24.3 Å². The summed E-state index contributed by atoms with van der Waals surface area (Å²) in [5, 5.41) is 5.75. The van der Waals surface area contributed by atoms with Gasteiger partial charge < -0.3 is 15.4 Å². The number of halogens is 4. The Labute approximate surface area is 224 Å². The van der Waals surface area contributed by atoms with Crippen molar-refractivity contribution in [2.75, 3.05) is 11.9 Å². The number of carbonyl (C=O) groups excluding carboxylic acids is 3. The van der Waals surface area contributed by atoms with Crippen molar-refractivity contribution in [2.24, 2.45) is 0 Å². The van der Waals surface area contributed by atoms with Crippen LogP contribution in [0.1, 0.15) is 11.1 Å². The third-order valence-electron chi connectivity index (χ3n) is 5.08. The van der Waals surface area contributed by atoms with Gasteiger partial charge in [-0.2, -0.15) is 0 Å². The maximum Gasteiger partial charge on any atom is 0.329 e. The second-order valence-electron chi connectivity index (χ2n) is 7.61. The minimum atomic E-state index is -0.777. The molecule has 2 N–H and O–H groups in total. The highest BCUT2D eigenvalue weighted by Gasteiger charge is 2.35. The van der Waals surface area contributed by atoms with Crippen LogP contribution in [0.25, 0.3) is 6.08 Å². The van der Waals surface area contributed by atoms with Gasteiger partial charge in [0.1, 0.15) is 30.4 Å². The van der Waals surface area contributed by atoms with E-state index in [0.717, 1.165) is 4.90 Å². The number of carbonyl (C=O) groups is 3. The fourth-order valence-electron chi connectivity index (χ4n) is 3.32.